The van der Waals surface area contributed by atoms with Gasteiger partial charge in [0.2, 0.25) is 0 Å². The van der Waals surface area contributed by atoms with Gasteiger partial charge in [-0.1, -0.05) is 6.07 Å². The van der Waals surface area contributed by atoms with Gasteiger partial charge in [-0.2, -0.15) is 8.78 Å². The number of ether oxygens (including phenoxy) is 2. The number of nitrogens with zero attached hydrogens (tertiary/aromatic N) is 1. The van der Waals surface area contributed by atoms with E-state index < -0.39 is 11.5 Å². The second-order valence-electron chi connectivity index (χ2n) is 4.75. The summed E-state index contributed by atoms with van der Waals surface area (Å²) in [5, 5.41) is 13.7. The molecule has 0 aromatic heterocycles. The minimum absolute atomic E-state index is 0.00711. The Labute approximate surface area is 137 Å². The molecule has 0 amide bonds. The SMILES string of the molecule is CCOc1cc(CNc2ccc([N+](=O)[O-])cc2)ccc1OC(F)F. The summed E-state index contributed by atoms with van der Waals surface area (Å²) in [5.41, 5.74) is 1.50. The molecule has 2 aromatic carbocycles. The van der Waals surface area contributed by atoms with E-state index in [-0.39, 0.29) is 17.2 Å². The van der Waals surface area contributed by atoms with Crippen LogP contribution < -0.4 is 14.8 Å². The van der Waals surface area contributed by atoms with E-state index in [1.807, 2.05) is 0 Å². The lowest BCUT2D eigenvalue weighted by Crippen LogP contribution is -2.06. The van der Waals surface area contributed by atoms with Crippen LogP contribution in [-0.4, -0.2) is 18.1 Å². The van der Waals surface area contributed by atoms with Gasteiger partial charge >= 0.3 is 6.61 Å². The maximum absolute atomic E-state index is 12.4. The lowest BCUT2D eigenvalue weighted by atomic mass is 10.2. The molecule has 0 aliphatic heterocycles. The van der Waals surface area contributed by atoms with Gasteiger partial charge in [0, 0.05) is 24.4 Å². The lowest BCUT2D eigenvalue weighted by Gasteiger charge is -2.13. The highest BCUT2D eigenvalue weighted by Gasteiger charge is 2.11. The molecule has 128 valence electrons. The number of hydrogen-bond donors (Lipinski definition) is 1. The van der Waals surface area contributed by atoms with Crippen LogP contribution in [0.25, 0.3) is 0 Å². The van der Waals surface area contributed by atoms with Crippen LogP contribution in [0.1, 0.15) is 12.5 Å². The fraction of sp³-hybridized carbons (Fsp3) is 0.250. The first kappa shape index (κ1) is 17.5. The third-order valence-corrected chi connectivity index (χ3v) is 3.10. The van der Waals surface area contributed by atoms with Crippen molar-refractivity contribution in [1.29, 1.82) is 0 Å². The van der Waals surface area contributed by atoms with Crippen molar-refractivity contribution in [1.82, 2.24) is 0 Å². The van der Waals surface area contributed by atoms with Crippen molar-refractivity contribution in [3.63, 3.8) is 0 Å². The maximum atomic E-state index is 12.4. The average molecular weight is 338 g/mol. The summed E-state index contributed by atoms with van der Waals surface area (Å²) < 4.78 is 34.4. The third-order valence-electron chi connectivity index (χ3n) is 3.10. The molecule has 2 aromatic rings. The van der Waals surface area contributed by atoms with Crippen LogP contribution >= 0.6 is 0 Å². The summed E-state index contributed by atoms with van der Waals surface area (Å²) in [4.78, 5) is 10.1. The van der Waals surface area contributed by atoms with Crippen molar-refractivity contribution in [2.45, 2.75) is 20.1 Å². The Kier molecular flexibility index (Phi) is 5.89. The number of non-ortho nitro benzene ring substituents is 1. The molecule has 0 spiro atoms. The first-order chi connectivity index (χ1) is 11.5. The molecule has 24 heavy (non-hydrogen) atoms. The van der Waals surface area contributed by atoms with Crippen LogP contribution in [-0.2, 0) is 6.54 Å². The van der Waals surface area contributed by atoms with Crippen LogP contribution in [0.3, 0.4) is 0 Å². The zero-order valence-electron chi connectivity index (χ0n) is 12.9. The molecular weight excluding hydrogens is 322 g/mol. The van der Waals surface area contributed by atoms with Crippen molar-refractivity contribution in [2.75, 3.05) is 11.9 Å². The zero-order chi connectivity index (χ0) is 17.5. The Morgan fingerprint density at radius 3 is 2.46 bits per heavy atom. The van der Waals surface area contributed by atoms with Crippen LogP contribution in [0, 0.1) is 10.1 Å². The number of nitro groups is 1. The number of anilines is 1. The number of nitro benzene ring substituents is 1. The fourth-order valence-electron chi connectivity index (χ4n) is 2.03. The minimum atomic E-state index is -2.92. The predicted molar refractivity (Wildman–Crippen MR) is 84.7 cm³/mol. The van der Waals surface area contributed by atoms with E-state index in [0.717, 1.165) is 5.56 Å². The highest BCUT2D eigenvalue weighted by Crippen LogP contribution is 2.30. The van der Waals surface area contributed by atoms with Gasteiger partial charge < -0.3 is 14.8 Å². The molecule has 8 heteroatoms. The van der Waals surface area contributed by atoms with Gasteiger partial charge in [-0.05, 0) is 36.8 Å². The minimum Gasteiger partial charge on any atom is -0.490 e. The largest absolute Gasteiger partial charge is 0.490 e. The average Bonchev–Trinajstić information content (AvgIpc) is 2.55. The standard InChI is InChI=1S/C16H16F2N2O4/c1-2-23-15-9-11(3-8-14(15)24-16(17)18)10-19-12-4-6-13(7-5-12)20(21)22/h3-9,16,19H,2,10H2,1H3. The Morgan fingerprint density at radius 1 is 1.17 bits per heavy atom. The number of halogens is 2. The number of alkyl halides is 2. The van der Waals surface area contributed by atoms with Gasteiger partial charge in [-0.3, -0.25) is 10.1 Å². The van der Waals surface area contributed by atoms with Crippen molar-refractivity contribution in [3.8, 4) is 11.5 Å². The number of benzene rings is 2. The third kappa shape index (κ3) is 4.80. The molecule has 0 aliphatic rings. The second-order valence-corrected chi connectivity index (χ2v) is 4.75. The molecular formula is C16H16F2N2O4. The summed E-state index contributed by atoms with van der Waals surface area (Å²) in [6.07, 6.45) is 0. The van der Waals surface area contributed by atoms with Gasteiger partial charge in [0.15, 0.2) is 11.5 Å². The molecule has 1 N–H and O–H groups in total. The fourth-order valence-corrected chi connectivity index (χ4v) is 2.03. The lowest BCUT2D eigenvalue weighted by molar-refractivity contribution is -0.384. The highest BCUT2D eigenvalue weighted by molar-refractivity contribution is 5.50. The van der Waals surface area contributed by atoms with Gasteiger partial charge in [0.05, 0.1) is 11.5 Å². The van der Waals surface area contributed by atoms with Gasteiger partial charge in [0.25, 0.3) is 5.69 Å². The van der Waals surface area contributed by atoms with Crippen LogP contribution in [0.15, 0.2) is 42.5 Å². The molecule has 0 bridgehead atoms. The van der Waals surface area contributed by atoms with E-state index >= 15 is 0 Å². The van der Waals surface area contributed by atoms with Crippen LogP contribution in [0.5, 0.6) is 11.5 Å². The molecule has 2 rings (SSSR count). The first-order valence-electron chi connectivity index (χ1n) is 7.18. The van der Waals surface area contributed by atoms with E-state index in [2.05, 4.69) is 10.1 Å². The summed E-state index contributed by atoms with van der Waals surface area (Å²) in [5.74, 6) is 0.215. The normalized spacial score (nSPS) is 10.5. The van der Waals surface area contributed by atoms with Crippen molar-refractivity contribution in [3.05, 3.63) is 58.1 Å². The van der Waals surface area contributed by atoms with Crippen LogP contribution in [0.2, 0.25) is 0 Å². The predicted octanol–water partition coefficient (Wildman–Crippen LogP) is 4.21. The van der Waals surface area contributed by atoms with E-state index in [4.69, 9.17) is 4.74 Å². The first-order valence-corrected chi connectivity index (χ1v) is 7.18. The topological polar surface area (TPSA) is 73.6 Å². The Hall–Kier alpha value is -2.90. The molecule has 0 unspecified atom stereocenters. The summed E-state index contributed by atoms with van der Waals surface area (Å²) >= 11 is 0. The Morgan fingerprint density at radius 2 is 1.88 bits per heavy atom. The summed E-state index contributed by atoms with van der Waals surface area (Å²) in [6.45, 7) is -0.465. The Bertz CT molecular complexity index is 693. The van der Waals surface area contributed by atoms with Crippen molar-refractivity contribution in [2.24, 2.45) is 0 Å². The van der Waals surface area contributed by atoms with Crippen LogP contribution in [0.4, 0.5) is 20.2 Å². The van der Waals surface area contributed by atoms with Gasteiger partial charge in [-0.25, -0.2) is 0 Å². The number of rotatable bonds is 8. The van der Waals surface area contributed by atoms with E-state index in [1.165, 1.54) is 18.2 Å². The molecule has 0 radical (unpaired) electrons. The smallest absolute Gasteiger partial charge is 0.387 e. The van der Waals surface area contributed by atoms with Gasteiger partial charge in [0.1, 0.15) is 0 Å². The second kappa shape index (κ2) is 8.09. The molecule has 0 aliphatic carbocycles. The van der Waals surface area contributed by atoms with Gasteiger partial charge in [-0.15, -0.1) is 0 Å². The van der Waals surface area contributed by atoms with E-state index in [1.54, 1.807) is 31.2 Å². The number of hydrogen-bond acceptors (Lipinski definition) is 5. The molecule has 0 saturated carbocycles. The molecule has 0 fully saturated rings. The monoisotopic (exact) mass is 338 g/mol. The highest BCUT2D eigenvalue weighted by atomic mass is 19.3. The molecule has 0 atom stereocenters. The number of nitrogens with one attached hydrogen (secondary N) is 1. The zero-order valence-corrected chi connectivity index (χ0v) is 12.9. The molecule has 0 heterocycles. The summed E-state index contributed by atoms with van der Waals surface area (Å²) in [6, 6.07) is 10.6. The quantitative estimate of drug-likeness (QED) is 0.576. The summed E-state index contributed by atoms with van der Waals surface area (Å²) in [7, 11) is 0. The van der Waals surface area contributed by atoms with Crippen molar-refractivity contribution >= 4 is 11.4 Å². The Balaban J connectivity index is 2.06. The van der Waals surface area contributed by atoms with Crippen molar-refractivity contribution < 1.29 is 23.2 Å². The molecule has 6 nitrogen and oxygen atoms in total. The molecule has 0 saturated heterocycles. The maximum Gasteiger partial charge on any atom is 0.387 e. The van der Waals surface area contributed by atoms with E-state index in [9.17, 15) is 18.9 Å². The van der Waals surface area contributed by atoms with E-state index in [0.29, 0.717) is 18.8 Å².